The van der Waals surface area contributed by atoms with Gasteiger partial charge in [0.05, 0.1) is 29.6 Å². The van der Waals surface area contributed by atoms with Crippen molar-refractivity contribution in [2.24, 2.45) is 7.05 Å². The molecule has 0 spiro atoms. The van der Waals surface area contributed by atoms with Crippen LogP contribution in [-0.4, -0.2) is 26.6 Å². The first-order chi connectivity index (χ1) is 12.4. The molecule has 3 rings (SSSR count). The van der Waals surface area contributed by atoms with Gasteiger partial charge < -0.3 is 9.30 Å². The first-order valence-corrected chi connectivity index (χ1v) is 8.95. The molecule has 7 nitrogen and oxygen atoms in total. The lowest BCUT2D eigenvalue weighted by Crippen LogP contribution is -2.38. The lowest BCUT2D eigenvalue weighted by molar-refractivity contribution is -0.139. The zero-order chi connectivity index (χ0) is 19.4. The lowest BCUT2D eigenvalue weighted by Gasteiger charge is -2.09. The van der Waals surface area contributed by atoms with Crippen LogP contribution in [0.4, 0.5) is 0 Å². The van der Waals surface area contributed by atoms with E-state index in [2.05, 4.69) is 9.11 Å². The number of ether oxygens (including phenoxy) is 1. The first-order valence-electron chi connectivity index (χ1n) is 8.17. The van der Waals surface area contributed by atoms with E-state index in [0.29, 0.717) is 17.1 Å². The highest BCUT2D eigenvalue weighted by Crippen LogP contribution is 2.25. The topological polar surface area (TPSA) is 83.2 Å². The van der Waals surface area contributed by atoms with E-state index in [1.54, 1.807) is 32.2 Å². The quantitative estimate of drug-likeness (QED) is 0.656. The second-order valence-corrected chi connectivity index (χ2v) is 6.17. The summed E-state index contributed by atoms with van der Waals surface area (Å²) in [5.74, 6) is -0.393. The Kier molecular flexibility index (Phi) is 6.10. The van der Waals surface area contributed by atoms with E-state index in [1.807, 2.05) is 13.8 Å². The molecule has 0 radical (unpaired) electrons. The van der Waals surface area contributed by atoms with E-state index in [4.69, 9.17) is 0 Å². The van der Waals surface area contributed by atoms with Crippen LogP contribution in [0.2, 0.25) is 0 Å². The Labute approximate surface area is 154 Å². The van der Waals surface area contributed by atoms with E-state index in [-0.39, 0.29) is 6.42 Å². The zero-order valence-corrected chi connectivity index (χ0v) is 16.2. The molecule has 0 fully saturated rings. The standard InChI is InChI=1S/C16H15N3O4S.C2H6/c1-9-6-14(20)19(16(22)18(9)2)10-4-5-13-11(7-10)12(17-24-13)8-15(21)23-3;1-2/h4-7H,8H2,1-3H3;1-2H3. The summed E-state index contributed by atoms with van der Waals surface area (Å²) >= 11 is 1.26. The van der Waals surface area contributed by atoms with Gasteiger partial charge in [0, 0.05) is 24.2 Å². The summed E-state index contributed by atoms with van der Waals surface area (Å²) in [5, 5.41) is 0.734. The number of fused-ring (bicyclic) bond motifs is 1. The van der Waals surface area contributed by atoms with Crippen molar-refractivity contribution in [3.05, 3.63) is 56.5 Å². The maximum Gasteiger partial charge on any atom is 0.335 e. The number of carbonyl (C=O) groups is 1. The van der Waals surface area contributed by atoms with Gasteiger partial charge in [0.1, 0.15) is 0 Å². The Morgan fingerprint density at radius 3 is 2.58 bits per heavy atom. The van der Waals surface area contributed by atoms with Gasteiger partial charge in [0.15, 0.2) is 0 Å². The van der Waals surface area contributed by atoms with Gasteiger partial charge in [0.2, 0.25) is 0 Å². The van der Waals surface area contributed by atoms with Crippen LogP contribution in [0.3, 0.4) is 0 Å². The molecular formula is C18H21N3O4S. The molecule has 0 saturated heterocycles. The molecule has 0 amide bonds. The third-order valence-corrected chi connectivity index (χ3v) is 4.75. The molecule has 0 atom stereocenters. The summed E-state index contributed by atoms with van der Waals surface area (Å²) in [6.07, 6.45) is 0.0424. The van der Waals surface area contributed by atoms with Crippen LogP contribution in [0.25, 0.3) is 15.8 Å². The minimum absolute atomic E-state index is 0.0424. The minimum atomic E-state index is -0.419. The summed E-state index contributed by atoms with van der Waals surface area (Å²) in [5.41, 5.74) is 0.788. The molecular weight excluding hydrogens is 354 g/mol. The van der Waals surface area contributed by atoms with Crippen LogP contribution >= 0.6 is 11.5 Å². The van der Waals surface area contributed by atoms with Crippen molar-refractivity contribution in [2.45, 2.75) is 27.2 Å². The normalized spacial score (nSPS) is 10.3. The van der Waals surface area contributed by atoms with Crippen molar-refractivity contribution in [2.75, 3.05) is 7.11 Å². The van der Waals surface area contributed by atoms with Gasteiger partial charge in [-0.3, -0.25) is 9.59 Å². The SMILES string of the molecule is CC.COC(=O)Cc1nsc2ccc(-n3c(=O)cc(C)n(C)c3=O)cc12. The Morgan fingerprint density at radius 2 is 1.92 bits per heavy atom. The molecule has 138 valence electrons. The summed E-state index contributed by atoms with van der Waals surface area (Å²) < 4.78 is 12.3. The number of carbonyl (C=O) groups excluding carboxylic acids is 1. The summed E-state index contributed by atoms with van der Waals surface area (Å²) in [6, 6.07) is 6.59. The molecule has 2 aromatic heterocycles. The highest BCUT2D eigenvalue weighted by molar-refractivity contribution is 7.13. The van der Waals surface area contributed by atoms with E-state index in [1.165, 1.54) is 29.3 Å². The fourth-order valence-electron chi connectivity index (χ4n) is 2.42. The highest BCUT2D eigenvalue weighted by Gasteiger charge is 2.14. The number of methoxy groups -OCH3 is 1. The summed E-state index contributed by atoms with van der Waals surface area (Å²) in [6.45, 7) is 5.70. The Balaban J connectivity index is 0.00000117. The smallest absolute Gasteiger partial charge is 0.335 e. The number of benzene rings is 1. The largest absolute Gasteiger partial charge is 0.469 e. The number of nitrogens with zero attached hydrogens (tertiary/aromatic N) is 3. The van der Waals surface area contributed by atoms with Crippen molar-refractivity contribution in [1.82, 2.24) is 13.5 Å². The predicted molar refractivity (Wildman–Crippen MR) is 102 cm³/mol. The van der Waals surface area contributed by atoms with E-state index >= 15 is 0 Å². The Bertz CT molecular complexity index is 1060. The number of hydrogen-bond donors (Lipinski definition) is 0. The van der Waals surface area contributed by atoms with Gasteiger partial charge in [-0.2, -0.15) is 4.37 Å². The van der Waals surface area contributed by atoms with Gasteiger partial charge in [-0.15, -0.1) is 0 Å². The fourth-order valence-corrected chi connectivity index (χ4v) is 3.20. The molecule has 26 heavy (non-hydrogen) atoms. The molecule has 0 unspecified atom stereocenters. The molecule has 1 aromatic carbocycles. The fraction of sp³-hybridized carbons (Fsp3) is 0.333. The van der Waals surface area contributed by atoms with Crippen molar-refractivity contribution in [3.8, 4) is 5.69 Å². The number of aromatic nitrogens is 3. The van der Waals surface area contributed by atoms with Gasteiger partial charge in [0.25, 0.3) is 5.56 Å². The third kappa shape index (κ3) is 3.60. The molecule has 0 aliphatic heterocycles. The van der Waals surface area contributed by atoms with Crippen LogP contribution in [-0.2, 0) is 23.0 Å². The van der Waals surface area contributed by atoms with Crippen LogP contribution in [0, 0.1) is 6.92 Å². The van der Waals surface area contributed by atoms with Crippen molar-refractivity contribution in [3.63, 3.8) is 0 Å². The maximum atomic E-state index is 12.4. The highest BCUT2D eigenvalue weighted by atomic mass is 32.1. The van der Waals surface area contributed by atoms with Gasteiger partial charge >= 0.3 is 11.7 Å². The van der Waals surface area contributed by atoms with Crippen molar-refractivity contribution >= 4 is 27.6 Å². The Hall–Kier alpha value is -2.74. The zero-order valence-electron chi connectivity index (χ0n) is 15.4. The van der Waals surface area contributed by atoms with Crippen LogP contribution in [0.15, 0.2) is 33.9 Å². The Morgan fingerprint density at radius 1 is 1.23 bits per heavy atom. The predicted octanol–water partition coefficient (Wildman–Crippen LogP) is 2.20. The van der Waals surface area contributed by atoms with Crippen LogP contribution < -0.4 is 11.2 Å². The third-order valence-electron chi connectivity index (χ3n) is 3.89. The lowest BCUT2D eigenvalue weighted by atomic mass is 10.1. The van der Waals surface area contributed by atoms with E-state index in [9.17, 15) is 14.4 Å². The maximum absolute atomic E-state index is 12.4. The number of hydrogen-bond acceptors (Lipinski definition) is 6. The molecule has 0 N–H and O–H groups in total. The first kappa shape index (κ1) is 19.6. The van der Waals surface area contributed by atoms with Gasteiger partial charge in [-0.1, -0.05) is 13.8 Å². The minimum Gasteiger partial charge on any atom is -0.469 e. The second kappa shape index (κ2) is 8.09. The number of aryl methyl sites for hydroxylation is 1. The van der Waals surface area contributed by atoms with Gasteiger partial charge in [-0.25, -0.2) is 9.36 Å². The van der Waals surface area contributed by atoms with Crippen molar-refractivity contribution in [1.29, 1.82) is 0 Å². The van der Waals surface area contributed by atoms with Crippen LogP contribution in [0.1, 0.15) is 25.2 Å². The summed E-state index contributed by atoms with van der Waals surface area (Å²) in [7, 11) is 2.93. The average Bonchev–Trinajstić information content (AvgIpc) is 3.03. The summed E-state index contributed by atoms with van der Waals surface area (Å²) in [4.78, 5) is 36.2. The molecule has 0 bridgehead atoms. The average molecular weight is 375 g/mol. The van der Waals surface area contributed by atoms with Crippen LogP contribution in [0.5, 0.6) is 0 Å². The molecule has 0 aliphatic carbocycles. The van der Waals surface area contributed by atoms with Crippen molar-refractivity contribution < 1.29 is 9.53 Å². The number of esters is 1. The molecule has 0 aliphatic rings. The van der Waals surface area contributed by atoms with E-state index < -0.39 is 17.2 Å². The molecule has 0 saturated carbocycles. The molecule has 2 heterocycles. The van der Waals surface area contributed by atoms with E-state index in [0.717, 1.165) is 14.7 Å². The molecule has 8 heteroatoms. The van der Waals surface area contributed by atoms with Gasteiger partial charge in [-0.05, 0) is 36.7 Å². The number of rotatable bonds is 3. The monoisotopic (exact) mass is 375 g/mol. The molecule has 3 aromatic rings. The second-order valence-electron chi connectivity index (χ2n) is 5.36.